The van der Waals surface area contributed by atoms with Crippen LogP contribution >= 0.6 is 0 Å². The summed E-state index contributed by atoms with van der Waals surface area (Å²) in [6.07, 6.45) is 9.92. The normalized spacial score (nSPS) is 18.2. The van der Waals surface area contributed by atoms with E-state index in [1.165, 1.54) is 17.5 Å². The lowest BCUT2D eigenvalue weighted by Gasteiger charge is -2.20. The van der Waals surface area contributed by atoms with Crippen LogP contribution in [0.1, 0.15) is 71.6 Å². The number of anilines is 2. The first-order valence-corrected chi connectivity index (χ1v) is 12.8. The molecule has 10 heteroatoms. The molecular formula is C27H30N8O2. The first-order chi connectivity index (χ1) is 18.0. The Kier molecular flexibility index (Phi) is 6.25. The molecule has 0 bridgehead atoms. The molecule has 3 aromatic heterocycles. The highest BCUT2D eigenvalue weighted by Crippen LogP contribution is 2.37. The number of nitrogens with one attached hydrogen (secondary N) is 1. The Morgan fingerprint density at radius 2 is 2.05 bits per heavy atom. The van der Waals surface area contributed by atoms with Gasteiger partial charge in [0, 0.05) is 43.9 Å². The summed E-state index contributed by atoms with van der Waals surface area (Å²) < 4.78 is 7.48. The van der Waals surface area contributed by atoms with Gasteiger partial charge >= 0.3 is 0 Å². The molecule has 1 unspecified atom stereocenters. The van der Waals surface area contributed by atoms with E-state index < -0.39 is 0 Å². The smallest absolute Gasteiger partial charge is 0.284 e. The van der Waals surface area contributed by atoms with Crippen LogP contribution in [-0.2, 0) is 13.6 Å². The van der Waals surface area contributed by atoms with Gasteiger partial charge in [-0.1, -0.05) is 18.6 Å². The molecule has 0 radical (unpaired) electrons. The number of carbonyl (C=O) groups excluding carboxylic acids is 1. The minimum absolute atomic E-state index is 0.0791. The molecule has 0 saturated heterocycles. The standard InChI is InChI=1S/C27H30N8O2/c1-34-11-9-18(13-24(36)26-33-32-25(37-26)17-4-3-5-17)22-7-6-19(12-20(22)15-34)23-8-10-28-27(31-23)30-21-14-29-35(2)16-21/h6-8,10,12,14,16-18H,3-5,9,11,13,15H2,1-2H3,(H,28,30,31). The molecule has 6 rings (SSSR count). The Morgan fingerprint density at radius 1 is 1.16 bits per heavy atom. The minimum Gasteiger partial charge on any atom is -0.418 e. The topological polar surface area (TPSA) is 115 Å². The lowest BCUT2D eigenvalue weighted by molar-refractivity contribution is 0.0934. The zero-order valence-electron chi connectivity index (χ0n) is 21.1. The average Bonchev–Trinajstić information content (AvgIpc) is 3.46. The van der Waals surface area contributed by atoms with Crippen molar-refractivity contribution >= 4 is 17.4 Å². The Morgan fingerprint density at radius 3 is 2.84 bits per heavy atom. The summed E-state index contributed by atoms with van der Waals surface area (Å²) in [4.78, 5) is 24.5. The predicted molar refractivity (Wildman–Crippen MR) is 137 cm³/mol. The van der Waals surface area contributed by atoms with Gasteiger partial charge in [0.05, 0.1) is 17.6 Å². The third-order valence-electron chi connectivity index (χ3n) is 7.36. The maximum atomic E-state index is 13.1. The Hall–Kier alpha value is -3.92. The average molecular weight is 499 g/mol. The van der Waals surface area contributed by atoms with Crippen LogP contribution in [0, 0.1) is 0 Å². The van der Waals surface area contributed by atoms with Gasteiger partial charge in [-0.2, -0.15) is 5.10 Å². The molecule has 1 N–H and O–H groups in total. The quantitative estimate of drug-likeness (QED) is 0.369. The Balaban J connectivity index is 1.23. The van der Waals surface area contributed by atoms with Crippen LogP contribution in [0.25, 0.3) is 11.3 Å². The van der Waals surface area contributed by atoms with Gasteiger partial charge in [0.15, 0.2) is 0 Å². The van der Waals surface area contributed by atoms with Crippen LogP contribution in [0.4, 0.5) is 11.6 Å². The minimum atomic E-state index is -0.0791. The summed E-state index contributed by atoms with van der Waals surface area (Å²) in [6, 6.07) is 8.32. The zero-order valence-corrected chi connectivity index (χ0v) is 21.1. The molecule has 0 spiro atoms. The number of fused-ring (bicyclic) bond motifs is 1. The lowest BCUT2D eigenvalue weighted by Crippen LogP contribution is -2.17. The van der Waals surface area contributed by atoms with Crippen molar-refractivity contribution in [2.45, 2.75) is 50.5 Å². The number of ketones is 1. The van der Waals surface area contributed by atoms with E-state index in [2.05, 4.69) is 55.7 Å². The molecule has 10 nitrogen and oxygen atoms in total. The summed E-state index contributed by atoms with van der Waals surface area (Å²) in [6.45, 7) is 1.72. The molecule has 1 atom stereocenters. The molecule has 4 aromatic rings. The fourth-order valence-corrected chi connectivity index (χ4v) is 5.09. The van der Waals surface area contributed by atoms with Gasteiger partial charge in [-0.25, -0.2) is 9.97 Å². The summed E-state index contributed by atoms with van der Waals surface area (Å²) in [5, 5.41) is 15.6. The van der Waals surface area contributed by atoms with E-state index in [1.54, 1.807) is 17.1 Å². The van der Waals surface area contributed by atoms with E-state index in [-0.39, 0.29) is 17.6 Å². The number of aromatic nitrogens is 6. The second-order valence-electron chi connectivity index (χ2n) is 10.1. The summed E-state index contributed by atoms with van der Waals surface area (Å²) >= 11 is 0. The summed E-state index contributed by atoms with van der Waals surface area (Å²) in [5.74, 6) is 1.61. The number of nitrogens with zero attached hydrogens (tertiary/aromatic N) is 7. The number of hydrogen-bond acceptors (Lipinski definition) is 9. The second kappa shape index (κ2) is 9.85. The number of rotatable bonds is 7. The van der Waals surface area contributed by atoms with Gasteiger partial charge in [-0.05, 0) is 62.0 Å². The highest BCUT2D eigenvalue weighted by atomic mass is 16.4. The van der Waals surface area contributed by atoms with Crippen molar-refractivity contribution in [3.63, 3.8) is 0 Å². The fraction of sp³-hybridized carbons (Fsp3) is 0.407. The number of aryl methyl sites for hydroxylation is 1. The molecule has 4 heterocycles. The largest absolute Gasteiger partial charge is 0.418 e. The maximum Gasteiger partial charge on any atom is 0.284 e. The number of Topliss-reactive ketones (excluding diaryl/α,β-unsaturated/α-hetero) is 1. The highest BCUT2D eigenvalue weighted by molar-refractivity contribution is 5.92. The number of carbonyl (C=O) groups is 1. The van der Waals surface area contributed by atoms with Crippen molar-refractivity contribution in [2.75, 3.05) is 18.9 Å². The molecule has 1 aromatic carbocycles. The van der Waals surface area contributed by atoms with Crippen LogP contribution in [0.5, 0.6) is 0 Å². The lowest BCUT2D eigenvalue weighted by atomic mass is 9.85. The molecular weight excluding hydrogens is 468 g/mol. The van der Waals surface area contributed by atoms with Crippen molar-refractivity contribution in [3.8, 4) is 11.3 Å². The van der Waals surface area contributed by atoms with Gasteiger partial charge < -0.3 is 14.6 Å². The Bertz CT molecular complexity index is 1420. The third kappa shape index (κ3) is 5.01. The molecule has 1 aliphatic heterocycles. The first kappa shape index (κ1) is 23.5. The fourth-order valence-electron chi connectivity index (χ4n) is 5.09. The molecule has 190 valence electrons. The van der Waals surface area contributed by atoms with Crippen LogP contribution in [0.15, 0.2) is 47.3 Å². The monoisotopic (exact) mass is 498 g/mol. The summed E-state index contributed by atoms with van der Waals surface area (Å²) in [7, 11) is 3.98. The number of hydrogen-bond donors (Lipinski definition) is 1. The van der Waals surface area contributed by atoms with Gasteiger partial charge in [-0.3, -0.25) is 9.48 Å². The van der Waals surface area contributed by atoms with Crippen LogP contribution < -0.4 is 5.32 Å². The van der Waals surface area contributed by atoms with Gasteiger partial charge in [0.25, 0.3) is 5.89 Å². The predicted octanol–water partition coefficient (Wildman–Crippen LogP) is 4.46. The maximum absolute atomic E-state index is 13.1. The van der Waals surface area contributed by atoms with E-state index in [0.29, 0.717) is 24.2 Å². The summed E-state index contributed by atoms with van der Waals surface area (Å²) in [5.41, 5.74) is 5.08. The van der Waals surface area contributed by atoms with Gasteiger partial charge in [0.1, 0.15) is 0 Å². The second-order valence-corrected chi connectivity index (χ2v) is 10.1. The van der Waals surface area contributed by atoms with Crippen molar-refractivity contribution < 1.29 is 9.21 Å². The molecule has 1 fully saturated rings. The number of benzene rings is 1. The van der Waals surface area contributed by atoms with E-state index in [4.69, 9.17) is 9.40 Å². The molecule has 2 aliphatic rings. The first-order valence-electron chi connectivity index (χ1n) is 12.8. The van der Waals surface area contributed by atoms with Gasteiger partial charge in [-0.15, -0.1) is 10.2 Å². The van der Waals surface area contributed by atoms with E-state index in [0.717, 1.165) is 49.3 Å². The van der Waals surface area contributed by atoms with Crippen LogP contribution in [0.3, 0.4) is 0 Å². The van der Waals surface area contributed by atoms with Crippen molar-refractivity contribution in [3.05, 3.63) is 65.8 Å². The highest BCUT2D eigenvalue weighted by Gasteiger charge is 2.29. The molecule has 1 aliphatic carbocycles. The van der Waals surface area contributed by atoms with Crippen molar-refractivity contribution in [1.29, 1.82) is 0 Å². The Labute approximate surface area is 215 Å². The molecule has 0 amide bonds. The van der Waals surface area contributed by atoms with Gasteiger partial charge in [0.2, 0.25) is 17.6 Å². The third-order valence-corrected chi connectivity index (χ3v) is 7.36. The van der Waals surface area contributed by atoms with Crippen molar-refractivity contribution in [2.24, 2.45) is 7.05 Å². The SMILES string of the molecule is CN1CCC(CC(=O)c2nnc(C3CCC3)o2)c2ccc(-c3ccnc(Nc4cnn(C)c4)n3)cc2C1. The molecule has 1 saturated carbocycles. The van der Waals surface area contributed by atoms with E-state index in [9.17, 15) is 4.79 Å². The zero-order chi connectivity index (χ0) is 25.4. The van der Waals surface area contributed by atoms with E-state index >= 15 is 0 Å². The van der Waals surface area contributed by atoms with E-state index in [1.807, 2.05) is 19.3 Å². The van der Waals surface area contributed by atoms with Crippen molar-refractivity contribution in [1.82, 2.24) is 34.8 Å². The molecule has 37 heavy (non-hydrogen) atoms. The van der Waals surface area contributed by atoms with Crippen LogP contribution in [-0.4, -0.2) is 54.2 Å². The van der Waals surface area contributed by atoms with Crippen LogP contribution in [0.2, 0.25) is 0 Å².